The minimum absolute atomic E-state index is 0.144. The number of hydrogen-bond acceptors (Lipinski definition) is 3. The summed E-state index contributed by atoms with van der Waals surface area (Å²) in [4.78, 5) is 23.2. The van der Waals surface area contributed by atoms with Crippen LogP contribution in [0.4, 0.5) is 0 Å². The van der Waals surface area contributed by atoms with Crippen molar-refractivity contribution in [2.45, 2.75) is 32.6 Å². The highest BCUT2D eigenvalue weighted by molar-refractivity contribution is 6.06. The van der Waals surface area contributed by atoms with Crippen LogP contribution in [0.5, 0.6) is 0 Å². The minimum Gasteiger partial charge on any atom is -0.468 e. The number of ether oxygens (including phenoxy) is 1. The van der Waals surface area contributed by atoms with Crippen molar-refractivity contribution in [3.63, 3.8) is 0 Å². The Labute approximate surface area is 84.1 Å². The molecule has 78 valence electrons. The van der Waals surface area contributed by atoms with E-state index in [1.54, 1.807) is 0 Å². The summed E-state index contributed by atoms with van der Waals surface area (Å²) >= 11 is 0. The van der Waals surface area contributed by atoms with Crippen LogP contribution < -0.4 is 0 Å². The van der Waals surface area contributed by atoms with Gasteiger partial charge >= 0.3 is 5.97 Å². The van der Waals surface area contributed by atoms with Crippen LogP contribution in [0.1, 0.15) is 32.6 Å². The van der Waals surface area contributed by atoms with E-state index in [4.69, 9.17) is 4.74 Å². The van der Waals surface area contributed by atoms with Gasteiger partial charge in [0, 0.05) is 0 Å². The molecule has 3 nitrogen and oxygen atoms in total. The summed E-state index contributed by atoms with van der Waals surface area (Å²) in [6.07, 6.45) is 3.18. The standard InChI is InChI=1S/C11H16O3/c1-8-6-4-5-7-11(8,9(2)12)10(13)14-3/h1,4-7H2,2-3H3. The molecular weight excluding hydrogens is 180 g/mol. The van der Waals surface area contributed by atoms with Gasteiger partial charge in [0.1, 0.15) is 5.41 Å². The molecule has 0 aromatic rings. The van der Waals surface area contributed by atoms with Gasteiger partial charge in [-0.15, -0.1) is 0 Å². The molecule has 1 rings (SSSR count). The number of methoxy groups -OCH3 is 1. The third kappa shape index (κ3) is 1.47. The van der Waals surface area contributed by atoms with Gasteiger partial charge in [-0.1, -0.05) is 18.6 Å². The van der Waals surface area contributed by atoms with E-state index in [0.717, 1.165) is 19.3 Å². The van der Waals surface area contributed by atoms with Crippen LogP contribution in [-0.4, -0.2) is 18.9 Å². The Morgan fingerprint density at radius 1 is 1.43 bits per heavy atom. The van der Waals surface area contributed by atoms with Crippen LogP contribution in [0.2, 0.25) is 0 Å². The zero-order chi connectivity index (χ0) is 10.8. The van der Waals surface area contributed by atoms with Crippen molar-refractivity contribution in [3.05, 3.63) is 12.2 Å². The lowest BCUT2D eigenvalue weighted by Gasteiger charge is -2.34. The first kappa shape index (κ1) is 11.0. The topological polar surface area (TPSA) is 43.4 Å². The lowest BCUT2D eigenvalue weighted by molar-refractivity contribution is -0.156. The van der Waals surface area contributed by atoms with Crippen LogP contribution in [-0.2, 0) is 14.3 Å². The summed E-state index contributed by atoms with van der Waals surface area (Å²) in [5, 5.41) is 0. The molecule has 1 aliphatic rings. The maximum Gasteiger partial charge on any atom is 0.323 e. The SMILES string of the molecule is C=C1CCCCC1(C(C)=O)C(=O)OC. The van der Waals surface area contributed by atoms with E-state index in [-0.39, 0.29) is 5.78 Å². The second-order valence-corrected chi connectivity index (χ2v) is 3.76. The fourth-order valence-electron chi connectivity index (χ4n) is 2.11. The van der Waals surface area contributed by atoms with E-state index in [9.17, 15) is 9.59 Å². The number of ketones is 1. The van der Waals surface area contributed by atoms with Gasteiger partial charge < -0.3 is 4.74 Å². The number of carbonyl (C=O) groups excluding carboxylic acids is 2. The third-order valence-corrected chi connectivity index (χ3v) is 3.02. The Morgan fingerprint density at radius 3 is 2.50 bits per heavy atom. The third-order valence-electron chi connectivity index (χ3n) is 3.02. The van der Waals surface area contributed by atoms with Gasteiger partial charge in [0.15, 0.2) is 5.78 Å². The van der Waals surface area contributed by atoms with Crippen LogP contribution in [0, 0.1) is 5.41 Å². The van der Waals surface area contributed by atoms with Crippen molar-refractivity contribution in [1.29, 1.82) is 0 Å². The monoisotopic (exact) mass is 196 g/mol. The predicted octanol–water partition coefficient (Wildman–Crippen LogP) is 1.86. The summed E-state index contributed by atoms with van der Waals surface area (Å²) in [7, 11) is 1.31. The quantitative estimate of drug-likeness (QED) is 0.384. The maximum atomic E-state index is 11.6. The molecular formula is C11H16O3. The van der Waals surface area contributed by atoms with Gasteiger partial charge in [-0.25, -0.2) is 0 Å². The van der Waals surface area contributed by atoms with E-state index in [2.05, 4.69) is 6.58 Å². The number of esters is 1. The van der Waals surface area contributed by atoms with E-state index in [1.807, 2.05) is 0 Å². The van der Waals surface area contributed by atoms with E-state index in [0.29, 0.717) is 12.0 Å². The molecule has 3 heteroatoms. The van der Waals surface area contributed by atoms with Gasteiger partial charge in [-0.2, -0.15) is 0 Å². The molecule has 0 N–H and O–H groups in total. The summed E-state index contributed by atoms with van der Waals surface area (Å²) in [5.41, 5.74) is -0.337. The Balaban J connectivity index is 3.07. The first-order valence-electron chi connectivity index (χ1n) is 4.83. The minimum atomic E-state index is -1.05. The van der Waals surface area contributed by atoms with Gasteiger partial charge in [-0.05, 0) is 26.2 Å². The van der Waals surface area contributed by atoms with Crippen molar-refractivity contribution >= 4 is 11.8 Å². The van der Waals surface area contributed by atoms with E-state index in [1.165, 1.54) is 14.0 Å². The molecule has 0 amide bonds. The van der Waals surface area contributed by atoms with Crippen molar-refractivity contribution in [3.8, 4) is 0 Å². The molecule has 0 spiro atoms. The lowest BCUT2D eigenvalue weighted by atomic mass is 9.68. The van der Waals surface area contributed by atoms with Gasteiger partial charge in [0.25, 0.3) is 0 Å². The molecule has 14 heavy (non-hydrogen) atoms. The lowest BCUT2D eigenvalue weighted by Crippen LogP contribution is -2.42. The summed E-state index contributed by atoms with van der Waals surface area (Å²) in [6, 6.07) is 0. The smallest absolute Gasteiger partial charge is 0.323 e. The Hall–Kier alpha value is -1.12. The fourth-order valence-corrected chi connectivity index (χ4v) is 2.11. The molecule has 0 heterocycles. The number of carbonyl (C=O) groups is 2. The summed E-state index contributed by atoms with van der Waals surface area (Å²) in [5.74, 6) is -0.594. The van der Waals surface area contributed by atoms with E-state index < -0.39 is 11.4 Å². The van der Waals surface area contributed by atoms with Gasteiger partial charge in [-0.3, -0.25) is 9.59 Å². The second-order valence-electron chi connectivity index (χ2n) is 3.76. The summed E-state index contributed by atoms with van der Waals surface area (Å²) in [6.45, 7) is 5.27. The highest BCUT2D eigenvalue weighted by Gasteiger charge is 2.47. The predicted molar refractivity (Wildman–Crippen MR) is 52.7 cm³/mol. The van der Waals surface area contributed by atoms with Crippen LogP contribution >= 0.6 is 0 Å². The molecule has 1 saturated carbocycles. The molecule has 0 saturated heterocycles. The second kappa shape index (κ2) is 3.95. The Morgan fingerprint density at radius 2 is 2.07 bits per heavy atom. The first-order valence-corrected chi connectivity index (χ1v) is 4.83. The molecule has 1 unspecified atom stereocenters. The largest absolute Gasteiger partial charge is 0.468 e. The average molecular weight is 196 g/mol. The van der Waals surface area contributed by atoms with Crippen LogP contribution in [0.25, 0.3) is 0 Å². The highest BCUT2D eigenvalue weighted by Crippen LogP contribution is 2.41. The zero-order valence-corrected chi connectivity index (χ0v) is 8.76. The molecule has 1 atom stereocenters. The van der Waals surface area contributed by atoms with Crippen molar-refractivity contribution in [1.82, 2.24) is 0 Å². The Bertz CT molecular complexity index is 270. The highest BCUT2D eigenvalue weighted by atomic mass is 16.5. The first-order chi connectivity index (χ1) is 6.55. The summed E-state index contributed by atoms with van der Waals surface area (Å²) < 4.78 is 4.70. The number of hydrogen-bond donors (Lipinski definition) is 0. The molecule has 1 fully saturated rings. The molecule has 0 aromatic carbocycles. The van der Waals surface area contributed by atoms with Crippen molar-refractivity contribution in [2.75, 3.05) is 7.11 Å². The van der Waals surface area contributed by atoms with Crippen molar-refractivity contribution in [2.24, 2.45) is 5.41 Å². The molecule has 1 aliphatic carbocycles. The maximum absolute atomic E-state index is 11.6. The number of Topliss-reactive ketones (excluding diaryl/α,β-unsaturated/α-hetero) is 1. The van der Waals surface area contributed by atoms with Crippen LogP contribution in [0.15, 0.2) is 12.2 Å². The zero-order valence-electron chi connectivity index (χ0n) is 8.76. The van der Waals surface area contributed by atoms with Crippen molar-refractivity contribution < 1.29 is 14.3 Å². The molecule has 0 radical (unpaired) electrons. The average Bonchev–Trinajstić information content (AvgIpc) is 2.17. The normalized spacial score (nSPS) is 27.1. The Kier molecular flexibility index (Phi) is 3.09. The molecule has 0 aliphatic heterocycles. The number of rotatable bonds is 2. The molecule has 0 bridgehead atoms. The van der Waals surface area contributed by atoms with Gasteiger partial charge in [0.2, 0.25) is 0 Å². The molecule has 0 aromatic heterocycles. The van der Waals surface area contributed by atoms with E-state index >= 15 is 0 Å². The van der Waals surface area contributed by atoms with Crippen LogP contribution in [0.3, 0.4) is 0 Å². The van der Waals surface area contributed by atoms with Gasteiger partial charge in [0.05, 0.1) is 7.11 Å². The fraction of sp³-hybridized carbons (Fsp3) is 0.636.